The molecule has 2 rings (SSSR count). The van der Waals surface area contributed by atoms with Crippen molar-refractivity contribution in [3.8, 4) is 0 Å². The van der Waals surface area contributed by atoms with Gasteiger partial charge in [-0.3, -0.25) is 9.36 Å². The van der Waals surface area contributed by atoms with Gasteiger partial charge in [0.2, 0.25) is 0 Å². The van der Waals surface area contributed by atoms with E-state index in [-0.39, 0.29) is 12.4 Å². The van der Waals surface area contributed by atoms with Gasteiger partial charge in [0.25, 0.3) is 0 Å². The van der Waals surface area contributed by atoms with Crippen LogP contribution in [0.1, 0.15) is 56.7 Å². The highest BCUT2D eigenvalue weighted by atomic mass is 35.5. The molecule has 0 fully saturated rings. The number of hydrogen-bond acceptors (Lipinski definition) is 3. The van der Waals surface area contributed by atoms with Gasteiger partial charge >= 0.3 is 0 Å². The van der Waals surface area contributed by atoms with Crippen LogP contribution in [0, 0.1) is 13.8 Å². The summed E-state index contributed by atoms with van der Waals surface area (Å²) in [6.45, 7) is 13.4. The molecule has 0 radical (unpaired) electrons. The van der Waals surface area contributed by atoms with Gasteiger partial charge in [-0.25, -0.2) is 0 Å². The quantitative estimate of drug-likeness (QED) is 0.911. The molecule has 6 heteroatoms. The third-order valence-corrected chi connectivity index (χ3v) is 3.46. The van der Waals surface area contributed by atoms with Crippen LogP contribution < -0.4 is 5.32 Å². The Morgan fingerprint density at radius 1 is 0.952 bits per heavy atom. The van der Waals surface area contributed by atoms with E-state index in [9.17, 15) is 0 Å². The van der Waals surface area contributed by atoms with Crippen LogP contribution in [0.2, 0.25) is 0 Å². The van der Waals surface area contributed by atoms with E-state index in [1.165, 1.54) is 5.56 Å². The Bertz CT molecular complexity index is 531. The smallest absolute Gasteiger partial charge is 0.0825 e. The van der Waals surface area contributed by atoms with E-state index in [0.29, 0.717) is 12.1 Å². The van der Waals surface area contributed by atoms with Crippen LogP contribution in [0.3, 0.4) is 0 Å². The molecule has 0 saturated heterocycles. The van der Waals surface area contributed by atoms with Gasteiger partial charge in [0.05, 0.1) is 17.1 Å². The lowest BCUT2D eigenvalue weighted by atomic mass is 10.2. The van der Waals surface area contributed by atoms with Crippen molar-refractivity contribution in [2.24, 2.45) is 0 Å². The molecule has 2 aromatic rings. The fourth-order valence-electron chi connectivity index (χ4n) is 2.07. The zero-order valence-electron chi connectivity index (χ0n) is 13.7. The molecule has 0 aliphatic heterocycles. The lowest BCUT2D eigenvalue weighted by molar-refractivity contribution is 0.529. The van der Waals surface area contributed by atoms with Crippen molar-refractivity contribution in [1.82, 2.24) is 19.6 Å². The zero-order valence-corrected chi connectivity index (χ0v) is 14.5. The lowest BCUT2D eigenvalue weighted by Crippen LogP contribution is -2.01. The van der Waals surface area contributed by atoms with E-state index in [1.54, 1.807) is 0 Å². The average molecular weight is 312 g/mol. The summed E-state index contributed by atoms with van der Waals surface area (Å²) in [6.07, 6.45) is 4.19. The number of halogens is 1. The van der Waals surface area contributed by atoms with Gasteiger partial charge in [-0.1, -0.05) is 0 Å². The summed E-state index contributed by atoms with van der Waals surface area (Å²) in [5.74, 6) is 0. The fourth-order valence-corrected chi connectivity index (χ4v) is 2.07. The Hall–Kier alpha value is -1.49. The third kappa shape index (κ3) is 4.00. The number of hydrogen-bond donors (Lipinski definition) is 1. The number of anilines is 1. The molecule has 0 saturated carbocycles. The highest BCUT2D eigenvalue weighted by molar-refractivity contribution is 5.85. The van der Waals surface area contributed by atoms with Crippen molar-refractivity contribution < 1.29 is 0 Å². The maximum atomic E-state index is 4.53. The molecule has 0 bridgehead atoms. The van der Waals surface area contributed by atoms with E-state index in [4.69, 9.17) is 0 Å². The van der Waals surface area contributed by atoms with E-state index in [0.717, 1.165) is 23.6 Å². The molecule has 0 aromatic carbocycles. The molecule has 21 heavy (non-hydrogen) atoms. The first-order valence-corrected chi connectivity index (χ1v) is 7.22. The maximum absolute atomic E-state index is 4.53. The monoisotopic (exact) mass is 311 g/mol. The number of nitrogens with one attached hydrogen (secondary N) is 1. The molecule has 118 valence electrons. The van der Waals surface area contributed by atoms with E-state index >= 15 is 0 Å². The van der Waals surface area contributed by atoms with E-state index < -0.39 is 0 Å². The van der Waals surface area contributed by atoms with Gasteiger partial charge in [0.1, 0.15) is 0 Å². The van der Waals surface area contributed by atoms with Crippen molar-refractivity contribution in [3.05, 3.63) is 29.3 Å². The van der Waals surface area contributed by atoms with Crippen molar-refractivity contribution in [2.75, 3.05) is 5.32 Å². The summed E-state index contributed by atoms with van der Waals surface area (Å²) in [7, 11) is 0. The zero-order chi connectivity index (χ0) is 14.9. The summed E-state index contributed by atoms with van der Waals surface area (Å²) < 4.78 is 4.00. The molecule has 2 heterocycles. The molecule has 1 N–H and O–H groups in total. The predicted octanol–water partition coefficient (Wildman–Crippen LogP) is 3.89. The lowest BCUT2D eigenvalue weighted by Gasteiger charge is -2.05. The normalized spacial score (nSPS) is 11.0. The Morgan fingerprint density at radius 3 is 1.95 bits per heavy atom. The van der Waals surface area contributed by atoms with Crippen LogP contribution in [-0.4, -0.2) is 19.6 Å². The van der Waals surface area contributed by atoms with E-state index in [2.05, 4.69) is 62.5 Å². The van der Waals surface area contributed by atoms with Gasteiger partial charge < -0.3 is 5.32 Å². The summed E-state index contributed by atoms with van der Waals surface area (Å²) in [4.78, 5) is 0. The van der Waals surface area contributed by atoms with Crippen LogP contribution in [0.4, 0.5) is 5.69 Å². The standard InChI is InChI=1S/C15H25N5.ClH/c1-10(2)19-8-14(12(5)17-19)7-16-15-9-20(11(3)4)18-13(15)6;/h8-11,16H,7H2,1-6H3;1H. The van der Waals surface area contributed by atoms with Gasteiger partial charge in [-0.15, -0.1) is 12.4 Å². The number of nitrogens with zero attached hydrogens (tertiary/aromatic N) is 4. The highest BCUT2D eigenvalue weighted by Gasteiger charge is 2.10. The second kappa shape index (κ2) is 6.98. The minimum atomic E-state index is 0. The summed E-state index contributed by atoms with van der Waals surface area (Å²) in [5, 5.41) is 12.5. The van der Waals surface area contributed by atoms with Crippen LogP contribution in [0.5, 0.6) is 0 Å². The van der Waals surface area contributed by atoms with Crippen LogP contribution >= 0.6 is 12.4 Å². The van der Waals surface area contributed by atoms with Crippen molar-refractivity contribution in [2.45, 2.75) is 60.2 Å². The summed E-state index contributed by atoms with van der Waals surface area (Å²) >= 11 is 0. The van der Waals surface area contributed by atoms with Crippen molar-refractivity contribution in [1.29, 1.82) is 0 Å². The van der Waals surface area contributed by atoms with Crippen molar-refractivity contribution >= 4 is 18.1 Å². The second-order valence-electron chi connectivity index (χ2n) is 5.87. The number of rotatable bonds is 5. The Kier molecular flexibility index (Phi) is 5.84. The minimum absolute atomic E-state index is 0. The van der Waals surface area contributed by atoms with Crippen molar-refractivity contribution in [3.63, 3.8) is 0 Å². The molecule has 0 spiro atoms. The molecular formula is C15H26ClN5. The number of aryl methyl sites for hydroxylation is 2. The van der Waals surface area contributed by atoms with Crippen LogP contribution in [-0.2, 0) is 6.54 Å². The van der Waals surface area contributed by atoms with Gasteiger partial charge in [0, 0.05) is 36.6 Å². The third-order valence-electron chi connectivity index (χ3n) is 3.46. The first kappa shape index (κ1) is 17.6. The Balaban J connectivity index is 0.00000220. The molecule has 5 nitrogen and oxygen atoms in total. The first-order chi connectivity index (χ1) is 9.38. The SMILES string of the molecule is Cc1nn(C(C)C)cc1CNc1cn(C(C)C)nc1C.Cl. The molecule has 2 aromatic heterocycles. The Morgan fingerprint density at radius 2 is 1.48 bits per heavy atom. The topological polar surface area (TPSA) is 47.7 Å². The second-order valence-corrected chi connectivity index (χ2v) is 5.87. The molecule has 0 aliphatic carbocycles. The van der Waals surface area contributed by atoms with Gasteiger partial charge in [0.15, 0.2) is 0 Å². The molecule has 0 aliphatic rings. The first-order valence-electron chi connectivity index (χ1n) is 7.22. The van der Waals surface area contributed by atoms with Crippen LogP contribution in [0.25, 0.3) is 0 Å². The van der Waals surface area contributed by atoms with E-state index in [1.807, 2.05) is 16.3 Å². The predicted molar refractivity (Wildman–Crippen MR) is 89.3 cm³/mol. The number of aromatic nitrogens is 4. The molecule has 0 amide bonds. The Labute approximate surface area is 133 Å². The molecule has 0 unspecified atom stereocenters. The highest BCUT2D eigenvalue weighted by Crippen LogP contribution is 2.18. The fraction of sp³-hybridized carbons (Fsp3) is 0.600. The van der Waals surface area contributed by atoms with Gasteiger partial charge in [-0.2, -0.15) is 10.2 Å². The molecule has 0 atom stereocenters. The summed E-state index contributed by atoms with van der Waals surface area (Å²) in [5.41, 5.74) is 4.44. The summed E-state index contributed by atoms with van der Waals surface area (Å²) in [6, 6.07) is 0.780. The largest absolute Gasteiger partial charge is 0.378 e. The average Bonchev–Trinajstić information content (AvgIpc) is 2.91. The molecular weight excluding hydrogens is 286 g/mol. The maximum Gasteiger partial charge on any atom is 0.0825 e. The van der Waals surface area contributed by atoms with Crippen LogP contribution in [0.15, 0.2) is 12.4 Å². The minimum Gasteiger partial charge on any atom is -0.378 e. The van der Waals surface area contributed by atoms with Gasteiger partial charge in [-0.05, 0) is 41.5 Å².